The molecule has 0 saturated carbocycles. The Balaban J connectivity index is 1.92. The summed E-state index contributed by atoms with van der Waals surface area (Å²) in [6.45, 7) is 0.428. The Hall–Kier alpha value is -2.00. The van der Waals surface area contributed by atoms with Gasteiger partial charge in [-0.15, -0.1) is 0 Å². The first-order valence-electron chi connectivity index (χ1n) is 6.68. The zero-order valence-electron chi connectivity index (χ0n) is 11.9. The smallest absolute Gasteiger partial charge is 0.320 e. The number of nitrogens with one attached hydrogen (secondary N) is 1. The largest absolute Gasteiger partial charge is 0.416 e. The zero-order valence-corrected chi connectivity index (χ0v) is 13.4. The molecule has 10 heteroatoms. The van der Waals surface area contributed by atoms with Gasteiger partial charge in [-0.25, -0.2) is 4.98 Å². The van der Waals surface area contributed by atoms with Crippen LogP contribution in [-0.4, -0.2) is 21.2 Å². The lowest BCUT2D eigenvalue weighted by Gasteiger charge is -2.12. The van der Waals surface area contributed by atoms with Crippen molar-refractivity contribution in [1.82, 2.24) is 9.55 Å². The molecule has 3 rings (SSSR count). The average Bonchev–Trinajstić information content (AvgIpc) is 2.98. The fourth-order valence-corrected chi connectivity index (χ4v) is 3.24. The second-order valence-corrected chi connectivity index (χ2v) is 6.38. The van der Waals surface area contributed by atoms with E-state index in [0.717, 1.165) is 18.3 Å². The number of hydrogen-bond acceptors (Lipinski definition) is 4. The molecule has 0 fully saturated rings. The second kappa shape index (κ2) is 6.14. The van der Waals surface area contributed by atoms with E-state index in [1.165, 1.54) is 16.3 Å². The summed E-state index contributed by atoms with van der Waals surface area (Å²) in [7, 11) is 0. The number of carbonyl (C=O) groups is 1. The van der Waals surface area contributed by atoms with E-state index in [0.29, 0.717) is 23.5 Å². The van der Waals surface area contributed by atoms with Gasteiger partial charge in [-0.2, -0.15) is 13.2 Å². The molecule has 1 aliphatic rings. The minimum absolute atomic E-state index is 0.0684. The molecule has 5 nitrogen and oxygen atoms in total. The van der Waals surface area contributed by atoms with Gasteiger partial charge in [-0.3, -0.25) is 14.2 Å². The van der Waals surface area contributed by atoms with Crippen LogP contribution in [0.4, 0.5) is 18.9 Å². The molecule has 1 N–H and O–H groups in total. The van der Waals surface area contributed by atoms with Gasteiger partial charge in [0.25, 0.3) is 11.5 Å². The zero-order chi connectivity index (χ0) is 17.5. The van der Waals surface area contributed by atoms with Gasteiger partial charge in [0.05, 0.1) is 16.3 Å². The first-order valence-corrected chi connectivity index (χ1v) is 8.04. The highest BCUT2D eigenvalue weighted by Gasteiger charge is 2.31. The Morgan fingerprint density at radius 1 is 1.38 bits per heavy atom. The number of alkyl halides is 3. The van der Waals surface area contributed by atoms with Crippen molar-refractivity contribution in [1.29, 1.82) is 0 Å². The maximum atomic E-state index is 12.8. The predicted octanol–water partition coefficient (Wildman–Crippen LogP) is 3.27. The van der Waals surface area contributed by atoms with E-state index in [1.54, 1.807) is 0 Å². The van der Waals surface area contributed by atoms with Crippen molar-refractivity contribution in [3.05, 3.63) is 50.9 Å². The molecular formula is C14H9ClF3N3O2S. The van der Waals surface area contributed by atoms with Crippen LogP contribution in [0.25, 0.3) is 0 Å². The van der Waals surface area contributed by atoms with Gasteiger partial charge in [0.15, 0.2) is 5.16 Å². The monoisotopic (exact) mass is 375 g/mol. The number of aromatic nitrogens is 2. The fourth-order valence-electron chi connectivity index (χ4n) is 2.16. The van der Waals surface area contributed by atoms with Gasteiger partial charge in [0.2, 0.25) is 0 Å². The van der Waals surface area contributed by atoms with Crippen LogP contribution < -0.4 is 10.9 Å². The van der Waals surface area contributed by atoms with Gasteiger partial charge in [-0.1, -0.05) is 23.4 Å². The summed E-state index contributed by atoms with van der Waals surface area (Å²) in [5.74, 6) is -0.187. The number of benzene rings is 1. The Bertz CT molecular complexity index is 883. The van der Waals surface area contributed by atoms with E-state index in [1.807, 2.05) is 0 Å². The standard InChI is InChI=1S/C14H9ClF3N3O2S/c15-9-2-1-7(14(16,17)18)5-10(9)20-11(22)8-6-19-13-21(12(8)23)3-4-24-13/h1-2,5-6H,3-4H2,(H,20,22). The topological polar surface area (TPSA) is 64.0 Å². The molecule has 0 aliphatic carbocycles. The van der Waals surface area contributed by atoms with Gasteiger partial charge in [0.1, 0.15) is 5.56 Å². The Labute approximate surface area is 142 Å². The lowest BCUT2D eigenvalue weighted by molar-refractivity contribution is -0.137. The minimum atomic E-state index is -4.57. The molecule has 0 bridgehead atoms. The van der Waals surface area contributed by atoms with E-state index in [2.05, 4.69) is 10.3 Å². The number of halogens is 4. The summed E-state index contributed by atoms with van der Waals surface area (Å²) in [5.41, 5.74) is -1.97. The molecule has 1 aromatic carbocycles. The summed E-state index contributed by atoms with van der Waals surface area (Å²) in [4.78, 5) is 28.5. The number of nitrogens with zero attached hydrogens (tertiary/aromatic N) is 2. The van der Waals surface area contributed by atoms with Crippen LogP contribution in [0.15, 0.2) is 34.3 Å². The van der Waals surface area contributed by atoms with Crippen molar-refractivity contribution >= 4 is 35.0 Å². The molecule has 0 unspecified atom stereocenters. The molecule has 2 aromatic rings. The minimum Gasteiger partial charge on any atom is -0.320 e. The molecular weight excluding hydrogens is 367 g/mol. The molecule has 0 saturated heterocycles. The van der Waals surface area contributed by atoms with E-state index < -0.39 is 23.2 Å². The number of fused-ring (bicyclic) bond motifs is 1. The molecule has 1 amide bonds. The van der Waals surface area contributed by atoms with Crippen molar-refractivity contribution in [2.24, 2.45) is 0 Å². The highest BCUT2D eigenvalue weighted by atomic mass is 35.5. The van der Waals surface area contributed by atoms with Crippen molar-refractivity contribution in [2.75, 3.05) is 11.1 Å². The first kappa shape index (κ1) is 16.8. The van der Waals surface area contributed by atoms with Gasteiger partial charge < -0.3 is 5.32 Å². The number of hydrogen-bond donors (Lipinski definition) is 1. The number of rotatable bonds is 2. The van der Waals surface area contributed by atoms with E-state index in [9.17, 15) is 22.8 Å². The maximum Gasteiger partial charge on any atom is 0.416 e. The molecule has 24 heavy (non-hydrogen) atoms. The third-order valence-electron chi connectivity index (χ3n) is 3.34. The lowest BCUT2D eigenvalue weighted by atomic mass is 10.2. The quantitative estimate of drug-likeness (QED) is 0.818. The highest BCUT2D eigenvalue weighted by molar-refractivity contribution is 7.99. The summed E-state index contributed by atoms with van der Waals surface area (Å²) in [6, 6.07) is 2.56. The van der Waals surface area contributed by atoms with Crippen LogP contribution in [0.3, 0.4) is 0 Å². The second-order valence-electron chi connectivity index (χ2n) is 4.91. The summed E-state index contributed by atoms with van der Waals surface area (Å²) < 4.78 is 39.6. The van der Waals surface area contributed by atoms with Crippen molar-refractivity contribution in [2.45, 2.75) is 17.9 Å². The Morgan fingerprint density at radius 3 is 2.83 bits per heavy atom. The van der Waals surface area contributed by atoms with Crippen LogP contribution in [0.1, 0.15) is 15.9 Å². The van der Waals surface area contributed by atoms with Crippen molar-refractivity contribution in [3.63, 3.8) is 0 Å². The van der Waals surface area contributed by atoms with Crippen molar-refractivity contribution in [3.8, 4) is 0 Å². The molecule has 2 heterocycles. The van der Waals surface area contributed by atoms with Crippen LogP contribution >= 0.6 is 23.4 Å². The van der Waals surface area contributed by atoms with Crippen LogP contribution in [-0.2, 0) is 12.7 Å². The summed E-state index contributed by atoms with van der Waals surface area (Å²) in [5, 5.41) is 2.68. The normalized spacial score (nSPS) is 13.7. The third-order valence-corrected chi connectivity index (χ3v) is 4.64. The first-order chi connectivity index (χ1) is 11.3. The number of anilines is 1. The lowest BCUT2D eigenvalue weighted by Crippen LogP contribution is -2.29. The summed E-state index contributed by atoms with van der Waals surface area (Å²) in [6.07, 6.45) is -3.46. The van der Waals surface area contributed by atoms with E-state index in [4.69, 9.17) is 11.6 Å². The Kier molecular flexibility index (Phi) is 4.31. The number of amides is 1. The van der Waals surface area contributed by atoms with Gasteiger partial charge in [0, 0.05) is 18.5 Å². The summed E-state index contributed by atoms with van der Waals surface area (Å²) >= 11 is 7.21. The van der Waals surface area contributed by atoms with E-state index in [-0.39, 0.29) is 16.3 Å². The molecule has 0 radical (unpaired) electrons. The van der Waals surface area contributed by atoms with Gasteiger partial charge >= 0.3 is 6.18 Å². The number of carbonyl (C=O) groups excluding carboxylic acids is 1. The molecule has 0 atom stereocenters. The molecule has 0 spiro atoms. The average molecular weight is 376 g/mol. The SMILES string of the molecule is O=C(Nc1cc(C(F)(F)F)ccc1Cl)c1cnc2n(c1=O)CCS2. The van der Waals surface area contributed by atoms with Crippen molar-refractivity contribution < 1.29 is 18.0 Å². The van der Waals surface area contributed by atoms with Crippen LogP contribution in [0.2, 0.25) is 5.02 Å². The van der Waals surface area contributed by atoms with Crippen LogP contribution in [0.5, 0.6) is 0 Å². The van der Waals surface area contributed by atoms with Crippen LogP contribution in [0, 0.1) is 0 Å². The Morgan fingerprint density at radius 2 is 2.12 bits per heavy atom. The highest BCUT2D eigenvalue weighted by Crippen LogP contribution is 2.34. The van der Waals surface area contributed by atoms with E-state index >= 15 is 0 Å². The maximum absolute atomic E-state index is 12.8. The molecule has 1 aliphatic heterocycles. The molecule has 1 aromatic heterocycles. The number of thioether (sulfide) groups is 1. The van der Waals surface area contributed by atoms with Gasteiger partial charge in [-0.05, 0) is 18.2 Å². The predicted molar refractivity (Wildman–Crippen MR) is 83.6 cm³/mol. The molecule has 126 valence electrons. The fraction of sp³-hybridized carbons (Fsp3) is 0.214. The third kappa shape index (κ3) is 3.13.